The Hall–Kier alpha value is -0.860. The number of hydrogen-bond donors (Lipinski definition) is 1. The Morgan fingerprint density at radius 2 is 2.11 bits per heavy atom. The molecule has 18 heavy (non-hydrogen) atoms. The highest BCUT2D eigenvalue weighted by atomic mass is 15.2. The number of nitrogens with zero attached hydrogens (tertiary/aromatic N) is 1. The lowest BCUT2D eigenvalue weighted by molar-refractivity contribution is 0.285. The molecule has 1 N–H and O–H groups in total. The molecule has 1 aromatic rings. The number of rotatable bonds is 6. The van der Waals surface area contributed by atoms with Gasteiger partial charge in [0.2, 0.25) is 0 Å². The van der Waals surface area contributed by atoms with E-state index < -0.39 is 0 Å². The molecule has 0 radical (unpaired) electrons. The van der Waals surface area contributed by atoms with Gasteiger partial charge in [0.25, 0.3) is 0 Å². The van der Waals surface area contributed by atoms with Crippen LogP contribution in [0.25, 0.3) is 0 Å². The number of benzene rings is 1. The van der Waals surface area contributed by atoms with Gasteiger partial charge in [0.15, 0.2) is 0 Å². The first-order valence-corrected chi connectivity index (χ1v) is 7.28. The van der Waals surface area contributed by atoms with Gasteiger partial charge in [-0.1, -0.05) is 43.7 Å². The van der Waals surface area contributed by atoms with Gasteiger partial charge in [0.05, 0.1) is 0 Å². The van der Waals surface area contributed by atoms with E-state index in [2.05, 4.69) is 54.5 Å². The molecule has 2 rings (SSSR count). The van der Waals surface area contributed by atoms with Gasteiger partial charge < -0.3 is 10.2 Å². The van der Waals surface area contributed by atoms with Crippen LogP contribution in [-0.4, -0.2) is 37.6 Å². The molecule has 0 aromatic heterocycles. The third-order valence-electron chi connectivity index (χ3n) is 4.07. The lowest BCUT2D eigenvalue weighted by Crippen LogP contribution is -2.38. The molecule has 2 nitrogen and oxygen atoms in total. The molecule has 2 unspecified atom stereocenters. The molecule has 100 valence electrons. The van der Waals surface area contributed by atoms with Gasteiger partial charge in [0, 0.05) is 19.1 Å². The van der Waals surface area contributed by atoms with Crippen LogP contribution in [0.2, 0.25) is 0 Å². The smallest absolute Gasteiger partial charge is 0.0191 e. The SMILES string of the molecule is CCCC(CN1CCC(c2ccccc2)C1)NC. The van der Waals surface area contributed by atoms with Crippen LogP contribution in [0.3, 0.4) is 0 Å². The van der Waals surface area contributed by atoms with Crippen molar-refractivity contribution < 1.29 is 0 Å². The van der Waals surface area contributed by atoms with Gasteiger partial charge in [-0.05, 0) is 37.9 Å². The van der Waals surface area contributed by atoms with Crippen molar-refractivity contribution in [2.75, 3.05) is 26.7 Å². The molecular weight excluding hydrogens is 220 g/mol. The molecule has 2 heteroatoms. The summed E-state index contributed by atoms with van der Waals surface area (Å²) < 4.78 is 0. The van der Waals surface area contributed by atoms with Gasteiger partial charge in [-0.2, -0.15) is 0 Å². The third-order valence-corrected chi connectivity index (χ3v) is 4.07. The van der Waals surface area contributed by atoms with E-state index in [9.17, 15) is 0 Å². The molecule has 0 aliphatic carbocycles. The Bertz CT molecular complexity index is 336. The second kappa shape index (κ2) is 6.91. The minimum Gasteiger partial charge on any atom is -0.316 e. The van der Waals surface area contributed by atoms with Crippen LogP contribution in [0.15, 0.2) is 30.3 Å². The van der Waals surface area contributed by atoms with E-state index in [1.165, 1.54) is 44.5 Å². The fourth-order valence-electron chi connectivity index (χ4n) is 2.98. The van der Waals surface area contributed by atoms with E-state index in [4.69, 9.17) is 0 Å². The molecule has 1 aliphatic rings. The molecule has 1 fully saturated rings. The monoisotopic (exact) mass is 246 g/mol. The third kappa shape index (κ3) is 3.56. The molecule has 0 spiro atoms. The van der Waals surface area contributed by atoms with Crippen LogP contribution in [0.1, 0.15) is 37.7 Å². The Labute approximate surface area is 111 Å². The van der Waals surface area contributed by atoms with Crippen molar-refractivity contribution in [1.29, 1.82) is 0 Å². The first-order chi connectivity index (χ1) is 8.83. The summed E-state index contributed by atoms with van der Waals surface area (Å²) in [5.41, 5.74) is 1.51. The normalized spacial score (nSPS) is 22.2. The largest absolute Gasteiger partial charge is 0.316 e. The maximum absolute atomic E-state index is 3.44. The van der Waals surface area contributed by atoms with E-state index in [0.29, 0.717) is 6.04 Å². The van der Waals surface area contributed by atoms with Crippen molar-refractivity contribution in [3.05, 3.63) is 35.9 Å². The van der Waals surface area contributed by atoms with Crippen molar-refractivity contribution >= 4 is 0 Å². The topological polar surface area (TPSA) is 15.3 Å². The van der Waals surface area contributed by atoms with Crippen molar-refractivity contribution in [1.82, 2.24) is 10.2 Å². The number of likely N-dealkylation sites (N-methyl/N-ethyl adjacent to an activating group) is 1. The maximum Gasteiger partial charge on any atom is 0.0191 e. The van der Waals surface area contributed by atoms with Gasteiger partial charge in [-0.15, -0.1) is 0 Å². The minimum absolute atomic E-state index is 0.657. The quantitative estimate of drug-likeness (QED) is 0.830. The van der Waals surface area contributed by atoms with E-state index in [0.717, 1.165) is 5.92 Å². The predicted octanol–water partition coefficient (Wildman–Crippen LogP) is 2.86. The summed E-state index contributed by atoms with van der Waals surface area (Å²) in [5, 5.41) is 3.44. The van der Waals surface area contributed by atoms with Crippen molar-refractivity contribution in [3.8, 4) is 0 Å². The Balaban J connectivity index is 1.85. The van der Waals surface area contributed by atoms with Gasteiger partial charge >= 0.3 is 0 Å². The van der Waals surface area contributed by atoms with E-state index in [1.807, 2.05) is 0 Å². The van der Waals surface area contributed by atoms with Gasteiger partial charge in [-0.3, -0.25) is 0 Å². The summed E-state index contributed by atoms with van der Waals surface area (Å²) in [6, 6.07) is 11.6. The van der Waals surface area contributed by atoms with E-state index >= 15 is 0 Å². The second-order valence-electron chi connectivity index (χ2n) is 5.43. The zero-order chi connectivity index (χ0) is 12.8. The predicted molar refractivity (Wildman–Crippen MR) is 78.0 cm³/mol. The summed E-state index contributed by atoms with van der Waals surface area (Å²) in [7, 11) is 2.09. The van der Waals surface area contributed by atoms with E-state index in [1.54, 1.807) is 0 Å². The van der Waals surface area contributed by atoms with Crippen molar-refractivity contribution in [2.45, 2.75) is 38.1 Å². The first kappa shape index (κ1) is 13.6. The minimum atomic E-state index is 0.657. The van der Waals surface area contributed by atoms with Crippen LogP contribution in [-0.2, 0) is 0 Å². The summed E-state index contributed by atoms with van der Waals surface area (Å²) in [5.74, 6) is 0.741. The van der Waals surface area contributed by atoms with E-state index in [-0.39, 0.29) is 0 Å². The average Bonchev–Trinajstić information content (AvgIpc) is 2.88. The Kier molecular flexibility index (Phi) is 5.21. The Morgan fingerprint density at radius 3 is 2.78 bits per heavy atom. The lowest BCUT2D eigenvalue weighted by atomic mass is 9.99. The highest BCUT2D eigenvalue weighted by Crippen LogP contribution is 2.26. The van der Waals surface area contributed by atoms with Crippen molar-refractivity contribution in [2.24, 2.45) is 0 Å². The zero-order valence-electron chi connectivity index (χ0n) is 11.7. The molecule has 1 aromatic carbocycles. The summed E-state index contributed by atoms with van der Waals surface area (Å²) >= 11 is 0. The molecule has 1 aliphatic heterocycles. The second-order valence-corrected chi connectivity index (χ2v) is 5.43. The molecule has 0 amide bonds. The van der Waals surface area contributed by atoms with Crippen LogP contribution in [0.5, 0.6) is 0 Å². The fraction of sp³-hybridized carbons (Fsp3) is 0.625. The lowest BCUT2D eigenvalue weighted by Gasteiger charge is -2.23. The number of nitrogens with one attached hydrogen (secondary N) is 1. The van der Waals surface area contributed by atoms with Crippen LogP contribution >= 0.6 is 0 Å². The zero-order valence-corrected chi connectivity index (χ0v) is 11.7. The number of likely N-dealkylation sites (tertiary alicyclic amines) is 1. The highest BCUT2D eigenvalue weighted by Gasteiger charge is 2.24. The molecule has 2 atom stereocenters. The van der Waals surface area contributed by atoms with Crippen molar-refractivity contribution in [3.63, 3.8) is 0 Å². The fourth-order valence-corrected chi connectivity index (χ4v) is 2.98. The molecule has 1 heterocycles. The molecule has 1 saturated heterocycles. The van der Waals surface area contributed by atoms with Crippen LogP contribution in [0.4, 0.5) is 0 Å². The summed E-state index contributed by atoms with van der Waals surface area (Å²) in [6.07, 6.45) is 3.86. The standard InChI is InChI=1S/C16H26N2/c1-3-7-16(17-2)13-18-11-10-15(12-18)14-8-5-4-6-9-14/h4-6,8-9,15-17H,3,7,10-13H2,1-2H3. The maximum atomic E-state index is 3.44. The molecule has 0 bridgehead atoms. The summed E-state index contributed by atoms with van der Waals surface area (Å²) in [4.78, 5) is 2.62. The number of hydrogen-bond acceptors (Lipinski definition) is 2. The van der Waals surface area contributed by atoms with Crippen LogP contribution < -0.4 is 5.32 Å². The van der Waals surface area contributed by atoms with Crippen LogP contribution in [0, 0.1) is 0 Å². The molecule has 0 saturated carbocycles. The van der Waals surface area contributed by atoms with Gasteiger partial charge in [-0.25, -0.2) is 0 Å². The summed E-state index contributed by atoms with van der Waals surface area (Å²) in [6.45, 7) is 5.95. The van der Waals surface area contributed by atoms with Gasteiger partial charge in [0.1, 0.15) is 0 Å². The Morgan fingerprint density at radius 1 is 1.33 bits per heavy atom. The molecular formula is C16H26N2. The average molecular weight is 246 g/mol. The first-order valence-electron chi connectivity index (χ1n) is 7.28. The highest BCUT2D eigenvalue weighted by molar-refractivity contribution is 5.21.